The third kappa shape index (κ3) is 3.38. The van der Waals surface area contributed by atoms with E-state index in [0.29, 0.717) is 12.8 Å². The number of nitrogens with one attached hydrogen (secondary N) is 1. The van der Waals surface area contributed by atoms with Crippen LogP contribution in [0.1, 0.15) is 24.5 Å². The molecule has 0 radical (unpaired) electrons. The first-order valence-electron chi connectivity index (χ1n) is 5.70. The van der Waals surface area contributed by atoms with E-state index in [2.05, 4.69) is 17.2 Å². The van der Waals surface area contributed by atoms with E-state index in [-0.39, 0.29) is 11.0 Å². The van der Waals surface area contributed by atoms with Crippen molar-refractivity contribution in [2.75, 3.05) is 11.1 Å². The molecule has 1 aliphatic heterocycles. The third-order valence-electron chi connectivity index (χ3n) is 2.50. The molecule has 0 aliphatic carbocycles. The predicted molar refractivity (Wildman–Crippen MR) is 73.4 cm³/mol. The van der Waals surface area contributed by atoms with Gasteiger partial charge in [-0.25, -0.2) is 0 Å². The van der Waals surface area contributed by atoms with Gasteiger partial charge in [-0.3, -0.25) is 9.59 Å². The lowest BCUT2D eigenvalue weighted by molar-refractivity contribution is -0.115. The Morgan fingerprint density at radius 2 is 2.33 bits per heavy atom. The zero-order valence-corrected chi connectivity index (χ0v) is 10.9. The quantitative estimate of drug-likeness (QED) is 0.654. The summed E-state index contributed by atoms with van der Waals surface area (Å²) >= 11 is 1.29. The highest BCUT2D eigenvalue weighted by molar-refractivity contribution is 8.13. The van der Waals surface area contributed by atoms with Crippen molar-refractivity contribution in [3.8, 4) is 11.8 Å². The largest absolute Gasteiger partial charge is 0.325 e. The molecule has 0 bridgehead atoms. The van der Waals surface area contributed by atoms with Crippen molar-refractivity contribution < 1.29 is 9.59 Å². The molecular weight excluding hydrogens is 246 g/mol. The monoisotopic (exact) mass is 259 g/mol. The molecule has 0 spiro atoms. The van der Waals surface area contributed by atoms with Gasteiger partial charge in [0.15, 0.2) is 5.12 Å². The Morgan fingerprint density at radius 1 is 1.50 bits per heavy atom. The summed E-state index contributed by atoms with van der Waals surface area (Å²) in [7, 11) is 0. The van der Waals surface area contributed by atoms with Crippen LogP contribution in [-0.2, 0) is 16.0 Å². The fraction of sp³-hybridized carbons (Fsp3) is 0.286. The fourth-order valence-electron chi connectivity index (χ4n) is 1.70. The number of hydrogen-bond donors (Lipinski definition) is 1. The van der Waals surface area contributed by atoms with Crippen LogP contribution in [0.4, 0.5) is 5.69 Å². The minimum absolute atomic E-state index is 0.0352. The van der Waals surface area contributed by atoms with Gasteiger partial charge in [-0.2, -0.15) is 0 Å². The first-order chi connectivity index (χ1) is 8.65. The van der Waals surface area contributed by atoms with Gasteiger partial charge in [0.05, 0.1) is 6.42 Å². The molecule has 1 aliphatic rings. The molecule has 1 aromatic carbocycles. The average molecular weight is 259 g/mol. The Labute approximate surface area is 110 Å². The number of hydrogen-bond acceptors (Lipinski definition) is 3. The molecule has 0 fully saturated rings. The van der Waals surface area contributed by atoms with E-state index >= 15 is 0 Å². The van der Waals surface area contributed by atoms with Crippen LogP contribution in [-0.4, -0.2) is 16.8 Å². The molecule has 3 nitrogen and oxygen atoms in total. The molecule has 0 saturated carbocycles. The Kier molecular flexibility index (Phi) is 4.06. The highest BCUT2D eigenvalue weighted by Crippen LogP contribution is 2.23. The Bertz CT molecular complexity index is 555. The highest BCUT2D eigenvalue weighted by Gasteiger charge is 2.16. The molecule has 4 heteroatoms. The molecule has 0 atom stereocenters. The molecular formula is C14H13NO2S. The zero-order valence-electron chi connectivity index (χ0n) is 10.1. The van der Waals surface area contributed by atoms with Crippen molar-refractivity contribution in [3.63, 3.8) is 0 Å². The van der Waals surface area contributed by atoms with Crippen molar-refractivity contribution in [2.24, 2.45) is 0 Å². The second-order valence-corrected chi connectivity index (χ2v) is 5.26. The summed E-state index contributed by atoms with van der Waals surface area (Å²) < 4.78 is 0. The summed E-state index contributed by atoms with van der Waals surface area (Å²) in [5, 5.41) is 2.92. The van der Waals surface area contributed by atoms with Crippen molar-refractivity contribution in [2.45, 2.75) is 19.8 Å². The fourth-order valence-corrected chi connectivity index (χ4v) is 2.19. The maximum atomic E-state index is 11.2. The maximum absolute atomic E-state index is 11.2. The standard InChI is InChI=1S/C14H13NO2S/c1-10(16)18-7-3-2-4-11-5-6-12-9-14(17)15-13(12)8-11/h5-6,8H,3,7,9H2,1H3,(H,15,17). The van der Waals surface area contributed by atoms with Crippen molar-refractivity contribution in [1.29, 1.82) is 0 Å². The molecule has 2 rings (SSSR count). The summed E-state index contributed by atoms with van der Waals surface area (Å²) in [5.74, 6) is 6.82. The number of anilines is 1. The van der Waals surface area contributed by atoms with Gasteiger partial charge in [-0.15, -0.1) is 0 Å². The topological polar surface area (TPSA) is 46.2 Å². The first-order valence-corrected chi connectivity index (χ1v) is 6.69. The number of carbonyl (C=O) groups is 2. The van der Waals surface area contributed by atoms with E-state index < -0.39 is 0 Å². The van der Waals surface area contributed by atoms with E-state index in [9.17, 15) is 9.59 Å². The highest BCUT2D eigenvalue weighted by atomic mass is 32.2. The summed E-state index contributed by atoms with van der Waals surface area (Å²) in [6.07, 6.45) is 1.14. The van der Waals surface area contributed by atoms with Crippen molar-refractivity contribution >= 4 is 28.5 Å². The van der Waals surface area contributed by atoms with Gasteiger partial charge in [-0.1, -0.05) is 29.7 Å². The van der Waals surface area contributed by atoms with Crippen molar-refractivity contribution in [1.82, 2.24) is 0 Å². The van der Waals surface area contributed by atoms with Crippen LogP contribution in [0.2, 0.25) is 0 Å². The summed E-state index contributed by atoms with van der Waals surface area (Å²) in [6.45, 7) is 1.56. The van der Waals surface area contributed by atoms with Crippen LogP contribution in [0, 0.1) is 11.8 Å². The van der Waals surface area contributed by atoms with E-state index in [1.54, 1.807) is 6.92 Å². The number of benzene rings is 1. The molecule has 0 aromatic heterocycles. The molecule has 1 heterocycles. The van der Waals surface area contributed by atoms with Gasteiger partial charge < -0.3 is 5.32 Å². The first kappa shape index (κ1) is 12.7. The molecule has 1 N–H and O–H groups in total. The Hall–Kier alpha value is -1.73. The van der Waals surface area contributed by atoms with E-state index in [1.807, 2.05) is 18.2 Å². The Morgan fingerprint density at radius 3 is 3.11 bits per heavy atom. The smallest absolute Gasteiger partial charge is 0.228 e. The second-order valence-electron chi connectivity index (χ2n) is 3.99. The lowest BCUT2D eigenvalue weighted by Gasteiger charge is -1.98. The second kappa shape index (κ2) is 5.74. The zero-order chi connectivity index (χ0) is 13.0. The number of rotatable bonds is 2. The van der Waals surface area contributed by atoms with Gasteiger partial charge in [0.2, 0.25) is 5.91 Å². The van der Waals surface area contributed by atoms with Crippen LogP contribution in [0.25, 0.3) is 0 Å². The average Bonchev–Trinajstić information content (AvgIpc) is 2.67. The van der Waals surface area contributed by atoms with Gasteiger partial charge in [0.25, 0.3) is 0 Å². The number of thioether (sulfide) groups is 1. The molecule has 1 amide bonds. The lowest BCUT2D eigenvalue weighted by atomic mass is 10.1. The lowest BCUT2D eigenvalue weighted by Crippen LogP contribution is -2.03. The normalized spacial score (nSPS) is 12.4. The van der Waals surface area contributed by atoms with Crippen LogP contribution in [0.5, 0.6) is 0 Å². The molecule has 0 unspecified atom stereocenters. The van der Waals surface area contributed by atoms with Crippen LogP contribution in [0.3, 0.4) is 0 Å². The SMILES string of the molecule is CC(=O)SCCC#Cc1ccc2c(c1)NC(=O)C2. The van der Waals surface area contributed by atoms with Gasteiger partial charge in [0.1, 0.15) is 0 Å². The summed E-state index contributed by atoms with van der Waals surface area (Å²) in [5.41, 5.74) is 2.78. The molecule has 1 aromatic rings. The van der Waals surface area contributed by atoms with Gasteiger partial charge in [-0.05, 0) is 17.7 Å². The molecule has 92 valence electrons. The predicted octanol–water partition coefficient (Wildman–Crippen LogP) is 2.20. The van der Waals surface area contributed by atoms with Crippen LogP contribution >= 0.6 is 11.8 Å². The Balaban J connectivity index is 1.95. The minimum atomic E-state index is 0.0352. The van der Waals surface area contributed by atoms with E-state index in [4.69, 9.17) is 0 Å². The molecule has 0 saturated heterocycles. The van der Waals surface area contributed by atoms with Crippen LogP contribution in [0.15, 0.2) is 18.2 Å². The third-order valence-corrected chi connectivity index (χ3v) is 3.31. The van der Waals surface area contributed by atoms with E-state index in [1.165, 1.54) is 11.8 Å². The van der Waals surface area contributed by atoms with Crippen LogP contribution < -0.4 is 5.32 Å². The van der Waals surface area contributed by atoms with Gasteiger partial charge >= 0.3 is 0 Å². The van der Waals surface area contributed by atoms with Crippen molar-refractivity contribution in [3.05, 3.63) is 29.3 Å². The maximum Gasteiger partial charge on any atom is 0.228 e. The van der Waals surface area contributed by atoms with Gasteiger partial charge in [0, 0.05) is 30.3 Å². The molecule has 18 heavy (non-hydrogen) atoms. The number of amides is 1. The number of fused-ring (bicyclic) bond motifs is 1. The summed E-state index contributed by atoms with van der Waals surface area (Å²) in [6, 6.07) is 5.75. The minimum Gasteiger partial charge on any atom is -0.325 e. The summed E-state index contributed by atoms with van der Waals surface area (Å²) in [4.78, 5) is 21.9. The number of carbonyl (C=O) groups excluding carboxylic acids is 2. The van der Waals surface area contributed by atoms with E-state index in [0.717, 1.165) is 22.6 Å².